The first-order valence-electron chi connectivity index (χ1n) is 9.52. The van der Waals surface area contributed by atoms with Gasteiger partial charge in [0.1, 0.15) is 10.8 Å². The van der Waals surface area contributed by atoms with Crippen molar-refractivity contribution in [3.8, 4) is 5.75 Å². The molecule has 0 radical (unpaired) electrons. The first-order valence-corrected chi connectivity index (χ1v) is 10.3. The maximum Gasteiger partial charge on any atom is 0.341 e. The van der Waals surface area contributed by atoms with Gasteiger partial charge in [0, 0.05) is 18.0 Å². The third kappa shape index (κ3) is 4.54. The van der Waals surface area contributed by atoms with Crippen LogP contribution in [0.5, 0.6) is 5.75 Å². The fourth-order valence-electron chi connectivity index (χ4n) is 3.33. The number of nitrogens with zero attached hydrogens (tertiary/aromatic N) is 1. The molecule has 0 unspecified atom stereocenters. The number of benzene rings is 1. The first kappa shape index (κ1) is 20.4. The summed E-state index contributed by atoms with van der Waals surface area (Å²) in [5.74, 6) is 0.242. The first-order chi connectivity index (χ1) is 13.5. The van der Waals surface area contributed by atoms with Crippen LogP contribution >= 0.6 is 11.3 Å². The van der Waals surface area contributed by atoms with E-state index in [0.29, 0.717) is 17.2 Å². The highest BCUT2D eigenvalue weighted by Crippen LogP contribution is 2.37. The number of ether oxygens (including phenoxy) is 2. The number of carbonyl (C=O) groups excluding carboxylic acids is 2. The Hall–Kier alpha value is -2.38. The fraction of sp³-hybridized carbons (Fsp3) is 0.429. The summed E-state index contributed by atoms with van der Waals surface area (Å²) in [6.45, 7) is 6.90. The second kappa shape index (κ2) is 9.21. The Morgan fingerprint density at radius 1 is 1.21 bits per heavy atom. The Morgan fingerprint density at radius 2 is 1.96 bits per heavy atom. The van der Waals surface area contributed by atoms with Crippen molar-refractivity contribution >= 4 is 28.2 Å². The highest BCUT2D eigenvalue weighted by Gasteiger charge is 2.29. The van der Waals surface area contributed by atoms with Crippen LogP contribution < -0.4 is 10.1 Å². The lowest BCUT2D eigenvalue weighted by atomic mass is 10.0. The smallest absolute Gasteiger partial charge is 0.341 e. The van der Waals surface area contributed by atoms with Gasteiger partial charge in [-0.2, -0.15) is 0 Å². The van der Waals surface area contributed by atoms with Gasteiger partial charge in [-0.1, -0.05) is 19.1 Å². The van der Waals surface area contributed by atoms with E-state index in [1.807, 2.05) is 24.3 Å². The highest BCUT2D eigenvalue weighted by molar-refractivity contribution is 7.17. The SMILES string of the molecule is CCOC(=O)c1c(NC(=O)Cc2ccc(OC)cc2)sc2c1CCN(CC)C2. The number of nitrogens with one attached hydrogen (secondary N) is 1. The number of hydrogen-bond donors (Lipinski definition) is 1. The van der Waals surface area contributed by atoms with E-state index in [9.17, 15) is 9.59 Å². The largest absolute Gasteiger partial charge is 0.497 e. The summed E-state index contributed by atoms with van der Waals surface area (Å²) in [5, 5.41) is 3.54. The third-order valence-electron chi connectivity index (χ3n) is 4.84. The van der Waals surface area contributed by atoms with Gasteiger partial charge < -0.3 is 14.8 Å². The molecule has 3 rings (SSSR count). The average molecular weight is 403 g/mol. The van der Waals surface area contributed by atoms with E-state index in [1.165, 1.54) is 11.3 Å². The van der Waals surface area contributed by atoms with Crippen LogP contribution in [0.1, 0.15) is 40.2 Å². The minimum absolute atomic E-state index is 0.151. The molecule has 6 nitrogen and oxygen atoms in total. The zero-order valence-electron chi connectivity index (χ0n) is 16.5. The zero-order chi connectivity index (χ0) is 20.1. The van der Waals surface area contributed by atoms with Crippen molar-refractivity contribution in [3.05, 3.63) is 45.8 Å². The molecule has 2 heterocycles. The Balaban J connectivity index is 1.80. The molecule has 28 heavy (non-hydrogen) atoms. The monoisotopic (exact) mass is 402 g/mol. The van der Waals surface area contributed by atoms with Crippen LogP contribution in [0.3, 0.4) is 0 Å². The minimum atomic E-state index is -0.357. The van der Waals surface area contributed by atoms with Crippen LogP contribution in [0.15, 0.2) is 24.3 Å². The van der Waals surface area contributed by atoms with Gasteiger partial charge in [-0.15, -0.1) is 11.3 Å². The Morgan fingerprint density at radius 3 is 2.61 bits per heavy atom. The van der Waals surface area contributed by atoms with Crippen molar-refractivity contribution in [2.45, 2.75) is 33.2 Å². The number of carbonyl (C=O) groups is 2. The second-order valence-corrected chi connectivity index (χ2v) is 7.73. The molecule has 0 fully saturated rings. The fourth-order valence-corrected chi connectivity index (χ4v) is 4.63. The molecule has 150 valence electrons. The zero-order valence-corrected chi connectivity index (χ0v) is 17.4. The Labute approximate surface area is 169 Å². The number of likely N-dealkylation sites (N-methyl/N-ethyl adjacent to an activating group) is 1. The molecular weight excluding hydrogens is 376 g/mol. The molecular formula is C21H26N2O4S. The summed E-state index contributed by atoms with van der Waals surface area (Å²) in [5.41, 5.74) is 2.43. The lowest BCUT2D eigenvalue weighted by Gasteiger charge is -2.25. The molecule has 0 saturated carbocycles. The van der Waals surface area contributed by atoms with Crippen molar-refractivity contribution in [3.63, 3.8) is 0 Å². The summed E-state index contributed by atoms with van der Waals surface area (Å²) in [7, 11) is 1.61. The van der Waals surface area contributed by atoms with Gasteiger partial charge in [0.2, 0.25) is 5.91 Å². The number of thiophene rings is 1. The molecule has 1 aliphatic heterocycles. The van der Waals surface area contributed by atoms with Gasteiger partial charge in [-0.25, -0.2) is 4.79 Å². The van der Waals surface area contributed by atoms with Gasteiger partial charge in [0.15, 0.2) is 0 Å². The second-order valence-electron chi connectivity index (χ2n) is 6.62. The highest BCUT2D eigenvalue weighted by atomic mass is 32.1. The van der Waals surface area contributed by atoms with Crippen molar-refractivity contribution in [2.75, 3.05) is 32.1 Å². The van der Waals surface area contributed by atoms with Gasteiger partial charge >= 0.3 is 5.97 Å². The van der Waals surface area contributed by atoms with Crippen LogP contribution in [0.4, 0.5) is 5.00 Å². The molecule has 1 amide bonds. The summed E-state index contributed by atoms with van der Waals surface area (Å²) in [4.78, 5) is 28.6. The normalized spacial score (nSPS) is 13.7. The molecule has 1 aromatic heterocycles. The molecule has 0 atom stereocenters. The number of rotatable bonds is 7. The van der Waals surface area contributed by atoms with Gasteiger partial charge in [-0.3, -0.25) is 9.69 Å². The molecule has 1 aromatic carbocycles. The van der Waals surface area contributed by atoms with Crippen molar-refractivity contribution in [1.82, 2.24) is 4.90 Å². The number of methoxy groups -OCH3 is 1. The van der Waals surface area contributed by atoms with Gasteiger partial charge in [0.25, 0.3) is 0 Å². The van der Waals surface area contributed by atoms with Crippen LogP contribution in [-0.4, -0.2) is 43.6 Å². The topological polar surface area (TPSA) is 67.9 Å². The Bertz CT molecular complexity index is 845. The minimum Gasteiger partial charge on any atom is -0.497 e. The van der Waals surface area contributed by atoms with Crippen LogP contribution in [-0.2, 0) is 28.9 Å². The van der Waals surface area contributed by atoms with Crippen LogP contribution in [0.2, 0.25) is 0 Å². The molecule has 0 spiro atoms. The summed E-state index contributed by atoms with van der Waals surface area (Å²) in [6.07, 6.45) is 1.03. The molecule has 0 aliphatic carbocycles. The quantitative estimate of drug-likeness (QED) is 0.718. The van der Waals surface area contributed by atoms with Crippen molar-refractivity contribution in [2.24, 2.45) is 0 Å². The van der Waals surface area contributed by atoms with Crippen LogP contribution in [0, 0.1) is 0 Å². The molecule has 0 saturated heterocycles. The van der Waals surface area contributed by atoms with Crippen LogP contribution in [0.25, 0.3) is 0 Å². The molecule has 1 N–H and O–H groups in total. The number of amides is 1. The van der Waals surface area contributed by atoms with Gasteiger partial charge in [0.05, 0.1) is 25.7 Å². The van der Waals surface area contributed by atoms with E-state index in [-0.39, 0.29) is 18.3 Å². The van der Waals surface area contributed by atoms with E-state index < -0.39 is 0 Å². The lowest BCUT2D eigenvalue weighted by Crippen LogP contribution is -2.30. The summed E-state index contributed by atoms with van der Waals surface area (Å²) >= 11 is 1.49. The summed E-state index contributed by atoms with van der Waals surface area (Å²) < 4.78 is 10.4. The Kier molecular flexibility index (Phi) is 6.70. The number of anilines is 1. The van der Waals surface area contributed by atoms with E-state index in [1.54, 1.807) is 14.0 Å². The van der Waals surface area contributed by atoms with E-state index >= 15 is 0 Å². The third-order valence-corrected chi connectivity index (χ3v) is 5.97. The van der Waals surface area contributed by atoms with E-state index in [4.69, 9.17) is 9.47 Å². The van der Waals surface area contributed by atoms with Gasteiger partial charge in [-0.05, 0) is 43.1 Å². The number of fused-ring (bicyclic) bond motifs is 1. The van der Waals surface area contributed by atoms with Crippen molar-refractivity contribution in [1.29, 1.82) is 0 Å². The average Bonchev–Trinajstić information content (AvgIpc) is 3.05. The van der Waals surface area contributed by atoms with Crippen molar-refractivity contribution < 1.29 is 19.1 Å². The molecule has 1 aliphatic rings. The standard InChI is InChI=1S/C21H26N2O4S/c1-4-23-11-10-16-17(13-23)28-20(19(16)21(25)27-5-2)22-18(24)12-14-6-8-15(26-3)9-7-14/h6-9H,4-5,10-13H2,1-3H3,(H,22,24). The molecule has 2 aromatic rings. The maximum absolute atomic E-state index is 12.6. The summed E-state index contributed by atoms with van der Waals surface area (Å²) in [6, 6.07) is 7.39. The molecule has 0 bridgehead atoms. The predicted octanol–water partition coefficient (Wildman–Crippen LogP) is 3.49. The lowest BCUT2D eigenvalue weighted by molar-refractivity contribution is -0.115. The molecule has 7 heteroatoms. The number of esters is 1. The maximum atomic E-state index is 12.6. The number of hydrogen-bond acceptors (Lipinski definition) is 6. The van der Waals surface area contributed by atoms with E-state index in [2.05, 4.69) is 17.1 Å². The predicted molar refractivity (Wildman–Crippen MR) is 110 cm³/mol. The van der Waals surface area contributed by atoms with E-state index in [0.717, 1.165) is 47.8 Å².